The van der Waals surface area contributed by atoms with Crippen LogP contribution in [-0.4, -0.2) is 6.61 Å². The average molecular weight is 174 g/mol. The summed E-state index contributed by atoms with van der Waals surface area (Å²) in [6.45, 7) is 3.26. The summed E-state index contributed by atoms with van der Waals surface area (Å²) in [6.07, 6.45) is 2.67. The van der Waals surface area contributed by atoms with E-state index < -0.39 is 0 Å². The van der Waals surface area contributed by atoms with Gasteiger partial charge in [0, 0.05) is 5.41 Å². The molecule has 1 nitrogen and oxygen atoms in total. The maximum Gasteiger partial charge on any atom is 0.122 e. The average Bonchev–Trinajstić information content (AvgIpc) is 2.13. The first kappa shape index (κ1) is 7.43. The predicted octanol–water partition coefficient (Wildman–Crippen LogP) is 2.96. The molecule has 13 heavy (non-hydrogen) atoms. The standard InChI is InChI=1S/C12H14O/c1-12-7-6-10(12)9-4-2-3-5-11(9)13-8-12/h2-5,10H,6-8H2,1H3/t10-,12+/m1/s1. The van der Waals surface area contributed by atoms with Crippen molar-refractivity contribution in [3.05, 3.63) is 29.8 Å². The second-order valence-corrected chi connectivity index (χ2v) is 4.57. The Balaban J connectivity index is 2.09. The number of para-hydroxylation sites is 1. The Kier molecular flexibility index (Phi) is 1.30. The van der Waals surface area contributed by atoms with E-state index >= 15 is 0 Å². The van der Waals surface area contributed by atoms with Crippen LogP contribution in [0.5, 0.6) is 5.75 Å². The van der Waals surface area contributed by atoms with Gasteiger partial charge in [0.15, 0.2) is 0 Å². The minimum absolute atomic E-state index is 0.439. The largest absolute Gasteiger partial charge is 0.493 e. The molecule has 0 aromatic heterocycles. The summed E-state index contributed by atoms with van der Waals surface area (Å²) < 4.78 is 5.76. The molecule has 0 N–H and O–H groups in total. The number of hydrogen-bond acceptors (Lipinski definition) is 1. The van der Waals surface area contributed by atoms with Crippen LogP contribution in [0.1, 0.15) is 31.2 Å². The number of hydrogen-bond donors (Lipinski definition) is 0. The lowest BCUT2D eigenvalue weighted by Gasteiger charge is -2.50. The van der Waals surface area contributed by atoms with Crippen molar-refractivity contribution < 1.29 is 4.74 Å². The van der Waals surface area contributed by atoms with Crippen molar-refractivity contribution in [3.63, 3.8) is 0 Å². The first-order valence-electron chi connectivity index (χ1n) is 5.01. The Morgan fingerprint density at radius 1 is 1.38 bits per heavy atom. The van der Waals surface area contributed by atoms with Gasteiger partial charge in [0.1, 0.15) is 5.75 Å². The molecule has 3 rings (SSSR count). The first-order chi connectivity index (χ1) is 6.30. The van der Waals surface area contributed by atoms with Gasteiger partial charge in [-0.1, -0.05) is 25.1 Å². The van der Waals surface area contributed by atoms with E-state index in [0.717, 1.165) is 18.3 Å². The molecular formula is C12H14O. The summed E-state index contributed by atoms with van der Waals surface area (Å²) in [4.78, 5) is 0. The molecule has 0 radical (unpaired) electrons. The van der Waals surface area contributed by atoms with Gasteiger partial charge in [0.05, 0.1) is 6.61 Å². The van der Waals surface area contributed by atoms with Gasteiger partial charge in [-0.3, -0.25) is 0 Å². The summed E-state index contributed by atoms with van der Waals surface area (Å²) in [5.41, 5.74) is 1.87. The molecule has 1 aromatic rings. The van der Waals surface area contributed by atoms with Crippen molar-refractivity contribution in [3.8, 4) is 5.75 Å². The molecular weight excluding hydrogens is 160 g/mol. The van der Waals surface area contributed by atoms with Gasteiger partial charge < -0.3 is 4.74 Å². The van der Waals surface area contributed by atoms with Crippen LogP contribution in [0, 0.1) is 5.41 Å². The molecule has 0 saturated heterocycles. The smallest absolute Gasteiger partial charge is 0.122 e. The topological polar surface area (TPSA) is 9.23 Å². The molecule has 0 unspecified atom stereocenters. The molecule has 2 atom stereocenters. The Labute approximate surface area is 78.7 Å². The second kappa shape index (κ2) is 2.28. The van der Waals surface area contributed by atoms with Crippen molar-refractivity contribution in [1.82, 2.24) is 0 Å². The molecule has 1 aromatic carbocycles. The minimum atomic E-state index is 0.439. The zero-order valence-corrected chi connectivity index (χ0v) is 7.92. The number of fused-ring (bicyclic) bond motifs is 3. The van der Waals surface area contributed by atoms with Crippen molar-refractivity contribution in [1.29, 1.82) is 0 Å². The van der Waals surface area contributed by atoms with Crippen LogP contribution >= 0.6 is 0 Å². The lowest BCUT2D eigenvalue weighted by atomic mass is 9.58. The van der Waals surface area contributed by atoms with Crippen molar-refractivity contribution >= 4 is 0 Å². The fourth-order valence-corrected chi connectivity index (χ4v) is 2.63. The van der Waals surface area contributed by atoms with Crippen molar-refractivity contribution in [2.45, 2.75) is 25.7 Å². The Bertz CT molecular complexity index is 345. The second-order valence-electron chi connectivity index (χ2n) is 4.57. The van der Waals surface area contributed by atoms with Gasteiger partial charge in [-0.2, -0.15) is 0 Å². The number of ether oxygens (including phenoxy) is 1. The summed E-state index contributed by atoms with van der Waals surface area (Å²) in [5.74, 6) is 1.88. The van der Waals surface area contributed by atoms with Crippen LogP contribution in [0.4, 0.5) is 0 Å². The summed E-state index contributed by atoms with van der Waals surface area (Å²) >= 11 is 0. The van der Waals surface area contributed by atoms with Gasteiger partial charge >= 0.3 is 0 Å². The molecule has 2 aliphatic rings. The highest BCUT2D eigenvalue weighted by Gasteiger charge is 2.47. The third-order valence-corrected chi connectivity index (χ3v) is 3.70. The molecule has 68 valence electrons. The van der Waals surface area contributed by atoms with E-state index in [0.29, 0.717) is 5.41 Å². The van der Waals surface area contributed by atoms with E-state index in [1.54, 1.807) is 0 Å². The van der Waals surface area contributed by atoms with Crippen LogP contribution in [-0.2, 0) is 0 Å². The molecule has 0 bridgehead atoms. The van der Waals surface area contributed by atoms with Gasteiger partial charge in [-0.25, -0.2) is 0 Å². The lowest BCUT2D eigenvalue weighted by molar-refractivity contribution is 0.0234. The molecule has 1 aliphatic carbocycles. The highest BCUT2D eigenvalue weighted by molar-refractivity contribution is 5.41. The Morgan fingerprint density at radius 3 is 3.00 bits per heavy atom. The van der Waals surface area contributed by atoms with Gasteiger partial charge in [0.2, 0.25) is 0 Å². The normalized spacial score (nSPS) is 35.3. The highest BCUT2D eigenvalue weighted by atomic mass is 16.5. The van der Waals surface area contributed by atoms with Gasteiger partial charge in [-0.15, -0.1) is 0 Å². The molecule has 1 heterocycles. The fraction of sp³-hybridized carbons (Fsp3) is 0.500. The fourth-order valence-electron chi connectivity index (χ4n) is 2.63. The third kappa shape index (κ3) is 0.874. The molecule has 0 amide bonds. The van der Waals surface area contributed by atoms with Crippen molar-refractivity contribution in [2.24, 2.45) is 5.41 Å². The third-order valence-electron chi connectivity index (χ3n) is 3.70. The first-order valence-corrected chi connectivity index (χ1v) is 5.01. The highest BCUT2D eigenvalue weighted by Crippen LogP contribution is 2.57. The minimum Gasteiger partial charge on any atom is -0.493 e. The van der Waals surface area contributed by atoms with E-state index in [2.05, 4.69) is 31.2 Å². The van der Waals surface area contributed by atoms with E-state index in [9.17, 15) is 0 Å². The summed E-state index contributed by atoms with van der Waals surface area (Å²) in [6, 6.07) is 8.48. The van der Waals surface area contributed by atoms with Crippen LogP contribution in [0.15, 0.2) is 24.3 Å². The van der Waals surface area contributed by atoms with E-state index in [1.807, 2.05) is 0 Å². The lowest BCUT2D eigenvalue weighted by Crippen LogP contribution is -2.43. The summed E-state index contributed by atoms with van der Waals surface area (Å²) in [7, 11) is 0. The maximum atomic E-state index is 5.76. The predicted molar refractivity (Wildman–Crippen MR) is 52.0 cm³/mol. The zero-order chi connectivity index (χ0) is 8.89. The van der Waals surface area contributed by atoms with Gasteiger partial charge in [0.25, 0.3) is 0 Å². The molecule has 1 fully saturated rings. The molecule has 1 aliphatic heterocycles. The monoisotopic (exact) mass is 174 g/mol. The van der Waals surface area contributed by atoms with Crippen molar-refractivity contribution in [2.75, 3.05) is 6.61 Å². The molecule has 1 saturated carbocycles. The van der Waals surface area contributed by atoms with Crippen LogP contribution < -0.4 is 4.74 Å². The van der Waals surface area contributed by atoms with E-state index in [1.165, 1.54) is 18.4 Å². The van der Waals surface area contributed by atoms with E-state index in [4.69, 9.17) is 4.74 Å². The quantitative estimate of drug-likeness (QED) is 0.587. The zero-order valence-electron chi connectivity index (χ0n) is 7.92. The molecule has 0 spiro atoms. The number of benzene rings is 1. The molecule has 1 heteroatoms. The number of rotatable bonds is 0. The van der Waals surface area contributed by atoms with E-state index in [-0.39, 0.29) is 0 Å². The Hall–Kier alpha value is -0.980. The van der Waals surface area contributed by atoms with Gasteiger partial charge in [-0.05, 0) is 30.4 Å². The summed E-state index contributed by atoms with van der Waals surface area (Å²) in [5, 5.41) is 0. The van der Waals surface area contributed by atoms with Crippen LogP contribution in [0.25, 0.3) is 0 Å². The Morgan fingerprint density at radius 2 is 2.23 bits per heavy atom. The SMILES string of the molecule is C[C@@]12CC[C@@H]1c1ccccc1OC2. The van der Waals surface area contributed by atoms with Crippen LogP contribution in [0.3, 0.4) is 0 Å². The van der Waals surface area contributed by atoms with Crippen LogP contribution in [0.2, 0.25) is 0 Å². The maximum absolute atomic E-state index is 5.76.